The summed E-state index contributed by atoms with van der Waals surface area (Å²) < 4.78 is 1.07. The number of rotatable bonds is 9. The van der Waals surface area contributed by atoms with E-state index in [1.807, 2.05) is 30.3 Å². The molecule has 1 aromatic heterocycles. The van der Waals surface area contributed by atoms with Crippen molar-refractivity contribution in [1.82, 2.24) is 9.88 Å². The van der Waals surface area contributed by atoms with Crippen LogP contribution in [0.25, 0.3) is 10.2 Å². The zero-order valence-corrected chi connectivity index (χ0v) is 20.6. The first-order valence-electron chi connectivity index (χ1n) is 11.6. The molecule has 4 aromatic rings. The standard InChI is InChI=1S/C28H29N3O2S/c1-4-30(5-2)17-18-31(28-29-24-16-11-20(3)19-25(24)34-28)27(33)23-14-12-22(13-15-23)26(32)21-9-7-6-8-10-21/h6-16,19H,4-5,17-18H2,1-3H3. The Labute approximate surface area is 204 Å². The van der Waals surface area contributed by atoms with E-state index in [0.717, 1.165) is 29.9 Å². The van der Waals surface area contributed by atoms with Gasteiger partial charge in [0.25, 0.3) is 5.91 Å². The summed E-state index contributed by atoms with van der Waals surface area (Å²) in [6, 6.07) is 22.2. The first-order chi connectivity index (χ1) is 16.5. The molecular formula is C28H29N3O2S. The Kier molecular flexibility index (Phi) is 7.50. The van der Waals surface area contributed by atoms with E-state index < -0.39 is 0 Å². The van der Waals surface area contributed by atoms with Gasteiger partial charge in [-0.15, -0.1) is 0 Å². The summed E-state index contributed by atoms with van der Waals surface area (Å²) in [6.07, 6.45) is 0. The van der Waals surface area contributed by atoms with Gasteiger partial charge in [-0.25, -0.2) is 4.98 Å². The summed E-state index contributed by atoms with van der Waals surface area (Å²) in [5, 5.41) is 0.696. The highest BCUT2D eigenvalue weighted by atomic mass is 32.1. The fraction of sp³-hybridized carbons (Fsp3) is 0.250. The molecule has 0 aliphatic carbocycles. The number of amides is 1. The predicted molar refractivity (Wildman–Crippen MR) is 140 cm³/mol. The van der Waals surface area contributed by atoms with Gasteiger partial charge >= 0.3 is 0 Å². The second kappa shape index (κ2) is 10.7. The normalized spacial score (nSPS) is 11.2. The first-order valence-corrected chi connectivity index (χ1v) is 12.4. The van der Waals surface area contributed by atoms with Gasteiger partial charge in [0.05, 0.1) is 10.2 Å². The number of hydrogen-bond donors (Lipinski definition) is 0. The lowest BCUT2D eigenvalue weighted by Gasteiger charge is -2.24. The van der Waals surface area contributed by atoms with Crippen LogP contribution in [-0.2, 0) is 0 Å². The number of carbonyl (C=O) groups excluding carboxylic acids is 2. The number of ketones is 1. The summed E-state index contributed by atoms with van der Waals surface area (Å²) in [6.45, 7) is 9.46. The highest BCUT2D eigenvalue weighted by molar-refractivity contribution is 7.22. The lowest BCUT2D eigenvalue weighted by molar-refractivity contribution is 0.0981. The molecule has 0 aliphatic heterocycles. The SMILES string of the molecule is CCN(CC)CCN(C(=O)c1ccc(C(=O)c2ccccc2)cc1)c1nc2ccc(C)cc2s1. The molecule has 1 amide bonds. The van der Waals surface area contributed by atoms with Crippen LogP contribution in [0.2, 0.25) is 0 Å². The van der Waals surface area contributed by atoms with Gasteiger partial charge < -0.3 is 4.90 Å². The Morgan fingerprint density at radius 3 is 2.15 bits per heavy atom. The fourth-order valence-electron chi connectivity index (χ4n) is 3.88. The smallest absolute Gasteiger partial charge is 0.260 e. The van der Waals surface area contributed by atoms with Gasteiger partial charge in [-0.2, -0.15) is 0 Å². The van der Waals surface area contributed by atoms with Crippen LogP contribution < -0.4 is 4.90 Å². The topological polar surface area (TPSA) is 53.5 Å². The van der Waals surface area contributed by atoms with Gasteiger partial charge in [0, 0.05) is 29.8 Å². The molecule has 6 heteroatoms. The molecule has 0 saturated heterocycles. The molecule has 0 spiro atoms. The average molecular weight is 472 g/mol. The van der Waals surface area contributed by atoms with Crippen molar-refractivity contribution < 1.29 is 9.59 Å². The Bertz CT molecular complexity index is 1280. The number of hydrogen-bond acceptors (Lipinski definition) is 5. The summed E-state index contributed by atoms with van der Waals surface area (Å²) in [4.78, 5) is 35.2. The van der Waals surface area contributed by atoms with Gasteiger partial charge in [-0.1, -0.05) is 73.7 Å². The number of fused-ring (bicyclic) bond motifs is 1. The Morgan fingerprint density at radius 1 is 0.824 bits per heavy atom. The number of benzene rings is 3. The van der Waals surface area contributed by atoms with Crippen LogP contribution in [-0.4, -0.2) is 47.8 Å². The Balaban J connectivity index is 1.62. The molecule has 0 aliphatic rings. The molecule has 1 heterocycles. The quantitative estimate of drug-likeness (QED) is 0.289. The van der Waals surface area contributed by atoms with Crippen molar-refractivity contribution in [3.05, 3.63) is 95.1 Å². The molecule has 0 N–H and O–H groups in total. The minimum atomic E-state index is -0.110. The third-order valence-electron chi connectivity index (χ3n) is 5.97. The van der Waals surface area contributed by atoms with Crippen LogP contribution in [0.3, 0.4) is 0 Å². The molecule has 34 heavy (non-hydrogen) atoms. The maximum atomic E-state index is 13.6. The number of thiazole rings is 1. The van der Waals surface area contributed by atoms with Gasteiger partial charge in [0.1, 0.15) is 0 Å². The van der Waals surface area contributed by atoms with E-state index in [1.54, 1.807) is 41.3 Å². The number of aryl methyl sites for hydroxylation is 1. The second-order valence-corrected chi connectivity index (χ2v) is 9.23. The number of aromatic nitrogens is 1. The largest absolute Gasteiger partial charge is 0.302 e. The molecule has 0 fully saturated rings. The number of likely N-dealkylation sites (N-methyl/N-ethyl adjacent to an activating group) is 1. The van der Waals surface area contributed by atoms with Crippen molar-refractivity contribution >= 4 is 38.4 Å². The van der Waals surface area contributed by atoms with Crippen molar-refractivity contribution in [2.24, 2.45) is 0 Å². The van der Waals surface area contributed by atoms with Crippen LogP contribution in [0.15, 0.2) is 72.8 Å². The lowest BCUT2D eigenvalue weighted by Crippen LogP contribution is -2.38. The van der Waals surface area contributed by atoms with Crippen molar-refractivity contribution in [2.45, 2.75) is 20.8 Å². The monoisotopic (exact) mass is 471 g/mol. The van der Waals surface area contributed by atoms with Gasteiger partial charge in [0.2, 0.25) is 0 Å². The molecule has 0 saturated carbocycles. The average Bonchev–Trinajstić information content (AvgIpc) is 3.29. The molecule has 174 valence electrons. The summed E-state index contributed by atoms with van der Waals surface area (Å²) in [7, 11) is 0. The van der Waals surface area contributed by atoms with E-state index in [0.29, 0.717) is 28.4 Å². The number of carbonyl (C=O) groups is 2. The van der Waals surface area contributed by atoms with Crippen molar-refractivity contribution in [2.75, 3.05) is 31.1 Å². The van der Waals surface area contributed by atoms with Crippen LogP contribution in [0, 0.1) is 6.92 Å². The molecule has 0 bridgehead atoms. The molecule has 3 aromatic carbocycles. The second-order valence-electron chi connectivity index (χ2n) is 8.22. The van der Waals surface area contributed by atoms with E-state index in [2.05, 4.69) is 31.7 Å². The lowest BCUT2D eigenvalue weighted by atomic mass is 10.0. The Hall–Kier alpha value is -3.35. The number of nitrogens with zero attached hydrogens (tertiary/aromatic N) is 3. The van der Waals surface area contributed by atoms with E-state index >= 15 is 0 Å². The molecule has 0 radical (unpaired) electrons. The van der Waals surface area contributed by atoms with Crippen molar-refractivity contribution in [1.29, 1.82) is 0 Å². The van der Waals surface area contributed by atoms with Crippen LogP contribution >= 0.6 is 11.3 Å². The van der Waals surface area contributed by atoms with Crippen LogP contribution in [0.5, 0.6) is 0 Å². The van der Waals surface area contributed by atoms with Gasteiger partial charge in [-0.3, -0.25) is 14.5 Å². The highest BCUT2D eigenvalue weighted by Gasteiger charge is 2.22. The third kappa shape index (κ3) is 5.24. The first kappa shape index (κ1) is 23.8. The fourth-order valence-corrected chi connectivity index (χ4v) is 4.96. The van der Waals surface area contributed by atoms with Gasteiger partial charge in [-0.05, 0) is 49.8 Å². The molecule has 0 atom stereocenters. The minimum Gasteiger partial charge on any atom is -0.302 e. The predicted octanol–water partition coefficient (Wildman–Crippen LogP) is 5.82. The van der Waals surface area contributed by atoms with Gasteiger partial charge in [0.15, 0.2) is 10.9 Å². The number of anilines is 1. The highest BCUT2D eigenvalue weighted by Crippen LogP contribution is 2.30. The maximum Gasteiger partial charge on any atom is 0.260 e. The van der Waals surface area contributed by atoms with Crippen molar-refractivity contribution in [3.8, 4) is 0 Å². The third-order valence-corrected chi connectivity index (χ3v) is 7.01. The summed E-state index contributed by atoms with van der Waals surface area (Å²) in [5.74, 6) is -0.166. The minimum absolute atomic E-state index is 0.0560. The Morgan fingerprint density at radius 2 is 1.47 bits per heavy atom. The molecule has 5 nitrogen and oxygen atoms in total. The van der Waals surface area contributed by atoms with Crippen LogP contribution in [0.1, 0.15) is 45.7 Å². The molecule has 0 unspecified atom stereocenters. The van der Waals surface area contributed by atoms with E-state index in [-0.39, 0.29) is 11.7 Å². The summed E-state index contributed by atoms with van der Waals surface area (Å²) >= 11 is 1.54. The van der Waals surface area contributed by atoms with E-state index in [4.69, 9.17) is 4.98 Å². The maximum absolute atomic E-state index is 13.6. The van der Waals surface area contributed by atoms with Crippen molar-refractivity contribution in [3.63, 3.8) is 0 Å². The van der Waals surface area contributed by atoms with E-state index in [1.165, 1.54) is 16.9 Å². The van der Waals surface area contributed by atoms with Crippen LogP contribution in [0.4, 0.5) is 5.13 Å². The molecular weight excluding hydrogens is 442 g/mol. The summed E-state index contributed by atoms with van der Waals surface area (Å²) in [5.41, 5.74) is 3.80. The van der Waals surface area contributed by atoms with E-state index in [9.17, 15) is 9.59 Å². The zero-order chi connectivity index (χ0) is 24.1. The molecule has 4 rings (SSSR count). The zero-order valence-electron chi connectivity index (χ0n) is 19.8.